The predicted molar refractivity (Wildman–Crippen MR) is 142 cm³/mol. The summed E-state index contributed by atoms with van der Waals surface area (Å²) in [4.78, 5) is 16.5. The van der Waals surface area contributed by atoms with Crippen LogP contribution < -0.4 is 19.5 Å². The third kappa shape index (κ3) is 3.70. The van der Waals surface area contributed by atoms with Gasteiger partial charge in [-0.05, 0) is 44.9 Å². The Morgan fingerprint density at radius 1 is 1.18 bits per heavy atom. The summed E-state index contributed by atoms with van der Waals surface area (Å²) in [6.07, 6.45) is 0.984. The fourth-order valence-corrected chi connectivity index (χ4v) is 7.28. The van der Waals surface area contributed by atoms with Gasteiger partial charge >= 0.3 is 0 Å². The summed E-state index contributed by atoms with van der Waals surface area (Å²) in [5, 5.41) is 36.1. The van der Waals surface area contributed by atoms with Gasteiger partial charge in [0.15, 0.2) is 29.8 Å². The van der Waals surface area contributed by atoms with Gasteiger partial charge in [-0.1, -0.05) is 6.07 Å². The zero-order chi connectivity index (χ0) is 28.5. The summed E-state index contributed by atoms with van der Waals surface area (Å²) in [6.45, 7) is 5.31. The number of aryl methyl sites for hydroxylation is 1. The van der Waals surface area contributed by atoms with Crippen molar-refractivity contribution in [2.75, 3.05) is 34.3 Å². The van der Waals surface area contributed by atoms with Gasteiger partial charge in [-0.15, -0.1) is 0 Å². The molecule has 2 aromatic rings. The van der Waals surface area contributed by atoms with E-state index in [0.717, 1.165) is 16.7 Å². The minimum absolute atomic E-state index is 0.0318. The van der Waals surface area contributed by atoms with E-state index in [1.807, 2.05) is 20.0 Å². The lowest BCUT2D eigenvalue weighted by atomic mass is 9.71. The molecule has 1 unspecified atom stereocenters. The summed E-state index contributed by atoms with van der Waals surface area (Å²) in [7, 11) is 3.53. The topological polar surface area (TPSA) is 137 Å². The highest BCUT2D eigenvalue weighted by Crippen LogP contribution is 2.58. The van der Waals surface area contributed by atoms with Crippen LogP contribution in [0.5, 0.6) is 28.7 Å². The molecule has 4 aliphatic heterocycles. The molecule has 2 aromatic carbocycles. The van der Waals surface area contributed by atoms with Crippen LogP contribution in [0.4, 0.5) is 0 Å². The molecule has 3 N–H and O–H groups in total. The number of hydrogen-bond acceptors (Lipinski definition) is 10. The van der Waals surface area contributed by atoms with Crippen LogP contribution in [0.2, 0.25) is 0 Å². The zero-order valence-electron chi connectivity index (χ0n) is 23.3. The highest BCUT2D eigenvalue weighted by atomic mass is 16.7. The molecule has 0 aromatic heterocycles. The molecule has 0 spiro atoms. The number of rotatable bonds is 5. The first-order valence-electron chi connectivity index (χ1n) is 13.4. The van der Waals surface area contributed by atoms with Crippen molar-refractivity contribution in [2.45, 2.75) is 63.8 Å². The SMILES string of the molecule is COCOc1c(O)c(C)cc2c1[C@H]1C3Cc4c(O)c(C)c5c(c4[C@H](CNC(C)=O)N3[C@@H](C#N)[C@H](C2)N1C)OCO5. The maximum atomic E-state index is 12.1. The van der Waals surface area contributed by atoms with Crippen molar-refractivity contribution in [3.05, 3.63) is 39.4 Å². The van der Waals surface area contributed by atoms with Crippen LogP contribution in [-0.2, 0) is 22.4 Å². The number of nitrogens with one attached hydrogen (secondary N) is 1. The molecule has 4 aliphatic rings. The molecule has 0 aliphatic carbocycles. The van der Waals surface area contributed by atoms with Crippen molar-refractivity contribution in [3.8, 4) is 34.8 Å². The fraction of sp³-hybridized carbons (Fsp3) is 0.517. The Bertz CT molecular complexity index is 1440. The average Bonchev–Trinajstić information content (AvgIpc) is 3.41. The maximum Gasteiger partial charge on any atom is 0.231 e. The lowest BCUT2D eigenvalue weighted by Gasteiger charge is -2.60. The normalized spacial score (nSPS) is 26.4. The van der Waals surface area contributed by atoms with E-state index in [4.69, 9.17) is 18.9 Å². The largest absolute Gasteiger partial charge is 0.507 e. The van der Waals surface area contributed by atoms with Gasteiger partial charge in [0.1, 0.15) is 11.8 Å². The number of piperazine rings is 1. The fourth-order valence-electron chi connectivity index (χ4n) is 7.28. The number of amides is 1. The number of hydrogen-bond donors (Lipinski definition) is 3. The molecule has 6 rings (SSSR count). The van der Waals surface area contributed by atoms with Crippen LogP contribution >= 0.6 is 0 Å². The van der Waals surface area contributed by atoms with Crippen molar-refractivity contribution in [2.24, 2.45) is 0 Å². The van der Waals surface area contributed by atoms with Crippen molar-refractivity contribution in [1.82, 2.24) is 15.1 Å². The third-order valence-corrected chi connectivity index (χ3v) is 8.96. The number of carbonyl (C=O) groups is 1. The molecule has 1 amide bonds. The van der Waals surface area contributed by atoms with Crippen molar-refractivity contribution >= 4 is 5.91 Å². The van der Waals surface area contributed by atoms with E-state index in [1.54, 1.807) is 6.92 Å². The molecule has 2 bridgehead atoms. The highest BCUT2D eigenvalue weighted by Gasteiger charge is 2.56. The Balaban J connectivity index is 1.59. The van der Waals surface area contributed by atoms with E-state index in [0.29, 0.717) is 46.8 Å². The molecule has 0 radical (unpaired) electrons. The first-order chi connectivity index (χ1) is 19.2. The summed E-state index contributed by atoms with van der Waals surface area (Å²) in [6, 6.07) is 2.82. The van der Waals surface area contributed by atoms with E-state index in [1.165, 1.54) is 14.0 Å². The van der Waals surface area contributed by atoms with E-state index in [2.05, 4.69) is 21.2 Å². The van der Waals surface area contributed by atoms with Crippen molar-refractivity contribution < 1.29 is 34.0 Å². The van der Waals surface area contributed by atoms with Gasteiger partial charge in [-0.3, -0.25) is 14.6 Å². The van der Waals surface area contributed by atoms with Crippen LogP contribution in [0, 0.1) is 25.2 Å². The number of aromatic hydroxyl groups is 2. The summed E-state index contributed by atoms with van der Waals surface area (Å²) >= 11 is 0. The quantitative estimate of drug-likeness (QED) is 0.476. The monoisotopic (exact) mass is 550 g/mol. The van der Waals surface area contributed by atoms with Crippen molar-refractivity contribution in [3.63, 3.8) is 0 Å². The van der Waals surface area contributed by atoms with Crippen LogP contribution in [-0.4, -0.2) is 78.3 Å². The van der Waals surface area contributed by atoms with Gasteiger partial charge < -0.3 is 34.5 Å². The van der Waals surface area contributed by atoms with Crippen LogP contribution in [0.25, 0.3) is 0 Å². The highest BCUT2D eigenvalue weighted by molar-refractivity contribution is 5.73. The lowest BCUT2D eigenvalue weighted by Crippen LogP contribution is -2.68. The van der Waals surface area contributed by atoms with E-state index in [9.17, 15) is 20.3 Å². The zero-order valence-corrected chi connectivity index (χ0v) is 23.3. The van der Waals surface area contributed by atoms with E-state index >= 15 is 0 Å². The first-order valence-corrected chi connectivity index (χ1v) is 13.4. The molecule has 1 saturated heterocycles. The lowest BCUT2D eigenvalue weighted by molar-refractivity contribution is -0.120. The van der Waals surface area contributed by atoms with Gasteiger partial charge in [-0.2, -0.15) is 5.26 Å². The number of nitrogens with zero attached hydrogens (tertiary/aromatic N) is 3. The van der Waals surface area contributed by atoms with Crippen LogP contribution in [0.3, 0.4) is 0 Å². The summed E-state index contributed by atoms with van der Waals surface area (Å²) in [5.74, 6) is 1.41. The second-order valence-corrected chi connectivity index (χ2v) is 11.1. The number of fused-ring (bicyclic) bond motifs is 9. The molecular weight excluding hydrogens is 516 g/mol. The van der Waals surface area contributed by atoms with Crippen LogP contribution in [0.1, 0.15) is 52.4 Å². The van der Waals surface area contributed by atoms with Gasteiger partial charge in [-0.25, -0.2) is 0 Å². The minimum Gasteiger partial charge on any atom is -0.507 e. The number of nitriles is 1. The molecule has 1 fully saturated rings. The number of methoxy groups -OCH3 is 1. The van der Waals surface area contributed by atoms with Gasteiger partial charge in [0, 0.05) is 54.9 Å². The average molecular weight is 551 g/mol. The number of benzene rings is 2. The Kier molecular flexibility index (Phi) is 6.45. The maximum absolute atomic E-state index is 12.1. The standard InChI is InChI=1S/C29H34N4O7/c1-13-6-16-7-18-20(9-30)33-19(24(32(18)4)22(16)28(25(13)35)38-11-37-5)8-17-23(21(33)10-31-15(3)34)29-27(39-12-40-29)14(2)26(17)36/h6,18-21,24,35-36H,7-8,10-12H2,1-5H3,(H,31,34)/t18-,19?,20-,21-,24+/m0/s1. The Hall–Kier alpha value is -3.72. The molecular formula is C29H34N4O7. The Morgan fingerprint density at radius 2 is 1.93 bits per heavy atom. The van der Waals surface area contributed by atoms with Gasteiger partial charge in [0.2, 0.25) is 12.7 Å². The third-order valence-electron chi connectivity index (χ3n) is 8.96. The Morgan fingerprint density at radius 3 is 2.62 bits per heavy atom. The molecule has 212 valence electrons. The van der Waals surface area contributed by atoms with E-state index in [-0.39, 0.29) is 55.7 Å². The number of ether oxygens (including phenoxy) is 4. The van der Waals surface area contributed by atoms with Crippen molar-refractivity contribution in [1.29, 1.82) is 5.26 Å². The number of phenols is 2. The predicted octanol–water partition coefficient (Wildman–Crippen LogP) is 2.33. The number of phenolic OH excluding ortho intramolecular Hbond substituents is 2. The molecule has 11 nitrogen and oxygen atoms in total. The second-order valence-electron chi connectivity index (χ2n) is 11.1. The number of carbonyl (C=O) groups excluding carboxylic acids is 1. The van der Waals surface area contributed by atoms with Gasteiger partial charge in [0.05, 0.1) is 18.2 Å². The molecule has 40 heavy (non-hydrogen) atoms. The summed E-state index contributed by atoms with van der Waals surface area (Å²) < 4.78 is 22.9. The van der Waals surface area contributed by atoms with Gasteiger partial charge in [0.25, 0.3) is 0 Å². The smallest absolute Gasteiger partial charge is 0.231 e. The molecule has 4 heterocycles. The van der Waals surface area contributed by atoms with Crippen LogP contribution in [0.15, 0.2) is 6.07 Å². The Labute approximate surface area is 232 Å². The summed E-state index contributed by atoms with van der Waals surface area (Å²) in [5.41, 5.74) is 4.61. The first kappa shape index (κ1) is 26.5. The molecule has 11 heteroatoms. The number of likely N-dealkylation sites (N-methyl/N-ethyl adjacent to an activating group) is 1. The molecule has 5 atom stereocenters. The molecule has 0 saturated carbocycles. The second kappa shape index (κ2) is 9.73. The minimum atomic E-state index is -0.523. The van der Waals surface area contributed by atoms with E-state index < -0.39 is 12.1 Å².